The second-order valence-corrected chi connectivity index (χ2v) is 9.06. The van der Waals surface area contributed by atoms with E-state index in [2.05, 4.69) is 55.7 Å². The Labute approximate surface area is 171 Å². The molecule has 152 valence electrons. The van der Waals surface area contributed by atoms with Gasteiger partial charge in [-0.25, -0.2) is 4.52 Å². The molecule has 2 aliphatic heterocycles. The zero-order chi connectivity index (χ0) is 20.0. The van der Waals surface area contributed by atoms with Gasteiger partial charge in [-0.05, 0) is 67.5 Å². The van der Waals surface area contributed by atoms with E-state index in [0.717, 1.165) is 50.4 Å². The molecule has 0 bridgehead atoms. The lowest BCUT2D eigenvalue weighted by Gasteiger charge is -2.21. The Hall–Kier alpha value is -2.60. The number of nitrogens with one attached hydrogen (secondary N) is 2. The molecular formula is C23H29N5O. The molecule has 5 rings (SSSR count). The van der Waals surface area contributed by atoms with Crippen molar-refractivity contribution >= 4 is 23.0 Å². The number of rotatable bonds is 4. The van der Waals surface area contributed by atoms with Gasteiger partial charge in [-0.3, -0.25) is 0 Å². The fourth-order valence-electron chi connectivity index (χ4n) is 4.84. The number of hydrogen-bond donors (Lipinski definition) is 2. The van der Waals surface area contributed by atoms with Crippen LogP contribution in [0, 0.1) is 12.8 Å². The molecule has 1 saturated heterocycles. The third kappa shape index (κ3) is 3.46. The summed E-state index contributed by atoms with van der Waals surface area (Å²) in [5.41, 5.74) is 7.19. The number of ether oxygens (including phenoxy) is 1. The summed E-state index contributed by atoms with van der Waals surface area (Å²) >= 11 is 0. The van der Waals surface area contributed by atoms with Crippen molar-refractivity contribution in [1.82, 2.24) is 14.6 Å². The van der Waals surface area contributed by atoms with E-state index in [4.69, 9.17) is 14.8 Å². The number of hydrogen-bond acceptors (Lipinski definition) is 5. The molecule has 0 saturated carbocycles. The maximum atomic E-state index is 5.50. The van der Waals surface area contributed by atoms with E-state index in [1.54, 1.807) is 0 Å². The first-order valence-corrected chi connectivity index (χ1v) is 10.6. The molecule has 29 heavy (non-hydrogen) atoms. The van der Waals surface area contributed by atoms with Gasteiger partial charge in [0, 0.05) is 42.2 Å². The summed E-state index contributed by atoms with van der Waals surface area (Å²) in [6.45, 7) is 9.46. The van der Waals surface area contributed by atoms with Gasteiger partial charge in [-0.1, -0.05) is 19.9 Å². The van der Waals surface area contributed by atoms with Crippen molar-refractivity contribution in [3.63, 3.8) is 0 Å². The van der Waals surface area contributed by atoms with Gasteiger partial charge in [0.1, 0.15) is 0 Å². The molecule has 6 nitrogen and oxygen atoms in total. The first kappa shape index (κ1) is 18.4. The van der Waals surface area contributed by atoms with E-state index >= 15 is 0 Å². The van der Waals surface area contributed by atoms with Crippen LogP contribution >= 0.6 is 0 Å². The van der Waals surface area contributed by atoms with Crippen LogP contribution in [0.5, 0.6) is 0 Å². The highest BCUT2D eigenvalue weighted by Gasteiger charge is 2.31. The summed E-state index contributed by atoms with van der Waals surface area (Å²) in [6, 6.07) is 10.6. The fraction of sp³-hybridized carbons (Fsp3) is 0.478. The lowest BCUT2D eigenvalue weighted by Crippen LogP contribution is -2.19. The van der Waals surface area contributed by atoms with Gasteiger partial charge in [-0.2, -0.15) is 4.98 Å². The van der Waals surface area contributed by atoms with E-state index in [1.165, 1.54) is 22.5 Å². The Morgan fingerprint density at radius 1 is 1.24 bits per heavy atom. The normalized spacial score (nSPS) is 18.6. The first-order chi connectivity index (χ1) is 14.0. The topological polar surface area (TPSA) is 63.5 Å². The zero-order valence-corrected chi connectivity index (χ0v) is 17.5. The van der Waals surface area contributed by atoms with Gasteiger partial charge < -0.3 is 15.4 Å². The molecular weight excluding hydrogens is 362 g/mol. The average Bonchev–Trinajstić information content (AvgIpc) is 3.23. The van der Waals surface area contributed by atoms with E-state index in [9.17, 15) is 0 Å². The van der Waals surface area contributed by atoms with Crippen molar-refractivity contribution in [2.75, 3.05) is 30.4 Å². The van der Waals surface area contributed by atoms with Crippen molar-refractivity contribution < 1.29 is 4.74 Å². The zero-order valence-electron chi connectivity index (χ0n) is 17.5. The Balaban J connectivity index is 1.42. The Kier molecular flexibility index (Phi) is 4.46. The minimum absolute atomic E-state index is 0.165. The summed E-state index contributed by atoms with van der Waals surface area (Å²) < 4.78 is 7.49. The average molecular weight is 392 g/mol. The molecule has 0 radical (unpaired) electrons. The standard InChI is InChI=1S/C23H29N5O/c1-15-11-17(13-19-21(15)23(2,3)14-24-19)25-22-26-20-6-4-5-18(28(20)27-22)12-16-7-9-29-10-8-16/h4-6,11,13,16,24H,7-10,12,14H2,1-3H3,(H,25,27). The van der Waals surface area contributed by atoms with E-state index in [-0.39, 0.29) is 5.41 Å². The van der Waals surface area contributed by atoms with Gasteiger partial charge in [0.05, 0.1) is 0 Å². The van der Waals surface area contributed by atoms with Crippen molar-refractivity contribution in [2.45, 2.75) is 45.4 Å². The van der Waals surface area contributed by atoms with Crippen LogP contribution in [0.25, 0.3) is 5.65 Å². The highest BCUT2D eigenvalue weighted by Crippen LogP contribution is 2.40. The molecule has 1 fully saturated rings. The number of benzene rings is 1. The third-order valence-corrected chi connectivity index (χ3v) is 6.27. The molecule has 2 aromatic heterocycles. The molecule has 6 heteroatoms. The highest BCUT2D eigenvalue weighted by atomic mass is 16.5. The molecule has 4 heterocycles. The number of nitrogens with zero attached hydrogens (tertiary/aromatic N) is 3. The highest BCUT2D eigenvalue weighted by molar-refractivity contribution is 5.71. The summed E-state index contributed by atoms with van der Waals surface area (Å²) in [5, 5.41) is 11.7. The summed E-state index contributed by atoms with van der Waals surface area (Å²) in [6.07, 6.45) is 3.25. The number of pyridine rings is 1. The minimum Gasteiger partial charge on any atom is -0.384 e. The number of aryl methyl sites for hydroxylation is 1. The quantitative estimate of drug-likeness (QED) is 0.688. The second kappa shape index (κ2) is 7.02. The molecule has 1 aromatic carbocycles. The molecule has 0 atom stereocenters. The van der Waals surface area contributed by atoms with Crippen LogP contribution in [0.4, 0.5) is 17.3 Å². The Bertz CT molecular complexity index is 1050. The predicted octanol–water partition coefficient (Wildman–Crippen LogP) is 4.45. The first-order valence-electron chi connectivity index (χ1n) is 10.6. The van der Waals surface area contributed by atoms with Crippen LogP contribution in [-0.2, 0) is 16.6 Å². The van der Waals surface area contributed by atoms with Gasteiger partial charge in [0.25, 0.3) is 0 Å². The smallest absolute Gasteiger partial charge is 0.247 e. The van der Waals surface area contributed by atoms with Crippen LogP contribution in [0.2, 0.25) is 0 Å². The number of anilines is 3. The molecule has 0 unspecified atom stereocenters. The lowest BCUT2D eigenvalue weighted by molar-refractivity contribution is 0.0661. The van der Waals surface area contributed by atoms with E-state index in [0.29, 0.717) is 11.9 Å². The van der Waals surface area contributed by atoms with Crippen molar-refractivity contribution in [1.29, 1.82) is 0 Å². The Morgan fingerprint density at radius 3 is 2.90 bits per heavy atom. The van der Waals surface area contributed by atoms with Crippen LogP contribution < -0.4 is 10.6 Å². The van der Waals surface area contributed by atoms with E-state index in [1.807, 2.05) is 10.6 Å². The van der Waals surface area contributed by atoms with E-state index < -0.39 is 0 Å². The minimum atomic E-state index is 0.165. The lowest BCUT2D eigenvalue weighted by atomic mass is 9.84. The molecule has 2 aliphatic rings. The van der Waals surface area contributed by atoms with Crippen molar-refractivity contribution in [3.8, 4) is 0 Å². The SMILES string of the molecule is Cc1cc(Nc2nc3cccc(CC4CCOCC4)n3n2)cc2c1C(C)(C)CN2. The van der Waals surface area contributed by atoms with Gasteiger partial charge in [-0.15, -0.1) is 5.10 Å². The predicted molar refractivity (Wildman–Crippen MR) is 116 cm³/mol. The van der Waals surface area contributed by atoms with Gasteiger partial charge in [0.15, 0.2) is 5.65 Å². The summed E-state index contributed by atoms with van der Waals surface area (Å²) in [4.78, 5) is 4.71. The number of fused-ring (bicyclic) bond motifs is 2. The maximum Gasteiger partial charge on any atom is 0.247 e. The van der Waals surface area contributed by atoms with Crippen molar-refractivity contribution in [3.05, 3.63) is 47.2 Å². The molecule has 3 aromatic rings. The second-order valence-electron chi connectivity index (χ2n) is 9.06. The number of aromatic nitrogens is 3. The van der Waals surface area contributed by atoms with Gasteiger partial charge in [0.2, 0.25) is 5.95 Å². The monoisotopic (exact) mass is 391 g/mol. The summed E-state index contributed by atoms with van der Waals surface area (Å²) in [7, 11) is 0. The van der Waals surface area contributed by atoms with Crippen LogP contribution in [0.1, 0.15) is 43.5 Å². The molecule has 2 N–H and O–H groups in total. The third-order valence-electron chi connectivity index (χ3n) is 6.27. The Morgan fingerprint density at radius 2 is 2.07 bits per heavy atom. The van der Waals surface area contributed by atoms with Crippen LogP contribution in [-0.4, -0.2) is 34.4 Å². The molecule has 0 spiro atoms. The largest absolute Gasteiger partial charge is 0.384 e. The molecule has 0 amide bonds. The van der Waals surface area contributed by atoms with Crippen LogP contribution in [0.3, 0.4) is 0 Å². The van der Waals surface area contributed by atoms with Gasteiger partial charge >= 0.3 is 0 Å². The molecule has 0 aliphatic carbocycles. The summed E-state index contributed by atoms with van der Waals surface area (Å²) in [5.74, 6) is 1.30. The van der Waals surface area contributed by atoms with Crippen LogP contribution in [0.15, 0.2) is 30.3 Å². The fourth-order valence-corrected chi connectivity index (χ4v) is 4.84. The maximum absolute atomic E-state index is 5.50. The van der Waals surface area contributed by atoms with Crippen molar-refractivity contribution in [2.24, 2.45) is 5.92 Å².